The highest BCUT2D eigenvalue weighted by atomic mass is 16.3. The molecule has 4 heteroatoms. The molecule has 0 saturated heterocycles. The smallest absolute Gasteiger partial charge is 0.222 e. The van der Waals surface area contributed by atoms with Crippen LogP contribution in [0.5, 0.6) is 0 Å². The maximum atomic E-state index is 11.8. The van der Waals surface area contributed by atoms with Crippen LogP contribution in [0.2, 0.25) is 0 Å². The lowest BCUT2D eigenvalue weighted by Gasteiger charge is -2.24. The van der Waals surface area contributed by atoms with Crippen LogP contribution in [0.3, 0.4) is 0 Å². The van der Waals surface area contributed by atoms with E-state index in [1.807, 2.05) is 6.92 Å². The number of carbonyl (C=O) groups is 1. The van der Waals surface area contributed by atoms with Crippen molar-refractivity contribution in [2.24, 2.45) is 0 Å². The van der Waals surface area contributed by atoms with E-state index in [4.69, 9.17) is 5.11 Å². The lowest BCUT2D eigenvalue weighted by Crippen LogP contribution is -2.39. The molecule has 2 N–H and O–H groups in total. The Morgan fingerprint density at radius 3 is 2.30 bits per heavy atom. The van der Waals surface area contributed by atoms with Crippen LogP contribution in [0.25, 0.3) is 0 Å². The Morgan fingerprint density at radius 1 is 1.05 bits per heavy atom. The number of amides is 1. The molecule has 4 nitrogen and oxygen atoms in total. The molecule has 0 saturated carbocycles. The van der Waals surface area contributed by atoms with Crippen molar-refractivity contribution in [2.75, 3.05) is 19.7 Å². The maximum absolute atomic E-state index is 11.8. The molecule has 0 radical (unpaired) electrons. The van der Waals surface area contributed by atoms with E-state index in [9.17, 15) is 9.90 Å². The summed E-state index contributed by atoms with van der Waals surface area (Å²) in [5, 5.41) is 19.0. The van der Waals surface area contributed by atoms with Gasteiger partial charge in [0, 0.05) is 19.5 Å². The Morgan fingerprint density at radius 2 is 1.70 bits per heavy atom. The first kappa shape index (κ1) is 19.4. The zero-order chi connectivity index (χ0) is 15.2. The first-order valence-corrected chi connectivity index (χ1v) is 8.22. The van der Waals surface area contributed by atoms with Gasteiger partial charge in [0.25, 0.3) is 0 Å². The number of hydrogen-bond donors (Lipinski definition) is 2. The van der Waals surface area contributed by atoms with E-state index in [0.29, 0.717) is 19.5 Å². The second-order valence-electron chi connectivity index (χ2n) is 5.52. The van der Waals surface area contributed by atoms with Gasteiger partial charge in [-0.3, -0.25) is 4.79 Å². The molecule has 1 atom stereocenters. The van der Waals surface area contributed by atoms with Crippen LogP contribution in [0.4, 0.5) is 0 Å². The summed E-state index contributed by atoms with van der Waals surface area (Å²) < 4.78 is 0. The van der Waals surface area contributed by atoms with Crippen LogP contribution in [0.1, 0.15) is 71.6 Å². The molecule has 120 valence electrons. The van der Waals surface area contributed by atoms with Crippen LogP contribution in [0.15, 0.2) is 0 Å². The predicted molar refractivity (Wildman–Crippen MR) is 82.6 cm³/mol. The van der Waals surface area contributed by atoms with Gasteiger partial charge in [0.1, 0.15) is 0 Å². The number of rotatable bonds is 13. The van der Waals surface area contributed by atoms with E-state index in [1.54, 1.807) is 4.90 Å². The third-order valence-electron chi connectivity index (χ3n) is 3.51. The number of aliphatic hydroxyl groups excluding tert-OH is 2. The summed E-state index contributed by atoms with van der Waals surface area (Å²) in [4.78, 5) is 13.4. The number of carbonyl (C=O) groups excluding carboxylic acids is 1. The molecular weight excluding hydrogens is 254 g/mol. The van der Waals surface area contributed by atoms with Crippen molar-refractivity contribution < 1.29 is 15.0 Å². The molecule has 0 aromatic heterocycles. The monoisotopic (exact) mass is 287 g/mol. The topological polar surface area (TPSA) is 60.8 Å². The molecule has 0 bridgehead atoms. The highest BCUT2D eigenvalue weighted by Crippen LogP contribution is 2.10. The lowest BCUT2D eigenvalue weighted by molar-refractivity contribution is -0.133. The van der Waals surface area contributed by atoms with E-state index in [-0.39, 0.29) is 12.5 Å². The summed E-state index contributed by atoms with van der Waals surface area (Å²) in [6.07, 6.45) is 8.78. The quantitative estimate of drug-likeness (QED) is 0.512. The van der Waals surface area contributed by atoms with Crippen LogP contribution in [-0.2, 0) is 4.79 Å². The molecule has 0 heterocycles. The molecule has 0 aromatic rings. The van der Waals surface area contributed by atoms with Crippen LogP contribution >= 0.6 is 0 Å². The minimum absolute atomic E-state index is 0.0311. The zero-order valence-electron chi connectivity index (χ0n) is 13.3. The van der Waals surface area contributed by atoms with Gasteiger partial charge in [-0.2, -0.15) is 0 Å². The van der Waals surface area contributed by atoms with Gasteiger partial charge in [-0.15, -0.1) is 0 Å². The second-order valence-corrected chi connectivity index (χ2v) is 5.52. The summed E-state index contributed by atoms with van der Waals surface area (Å²) in [6.45, 7) is 4.80. The van der Waals surface area contributed by atoms with Crippen LogP contribution < -0.4 is 0 Å². The highest BCUT2D eigenvalue weighted by molar-refractivity contribution is 5.76. The third-order valence-corrected chi connectivity index (χ3v) is 3.51. The number of aliphatic hydroxyl groups is 2. The van der Waals surface area contributed by atoms with Crippen molar-refractivity contribution >= 4 is 5.91 Å². The van der Waals surface area contributed by atoms with E-state index >= 15 is 0 Å². The molecule has 1 unspecified atom stereocenters. The summed E-state index contributed by atoms with van der Waals surface area (Å²) in [7, 11) is 0. The normalized spacial score (nSPS) is 12.4. The molecule has 0 aliphatic heterocycles. The van der Waals surface area contributed by atoms with Gasteiger partial charge in [0.05, 0.1) is 12.7 Å². The van der Waals surface area contributed by atoms with Crippen molar-refractivity contribution in [1.82, 2.24) is 4.90 Å². The molecule has 0 aliphatic rings. The molecule has 0 aliphatic carbocycles. The fourth-order valence-electron chi connectivity index (χ4n) is 2.32. The Bertz CT molecular complexity index is 234. The van der Waals surface area contributed by atoms with Crippen LogP contribution in [0, 0.1) is 0 Å². The number of nitrogens with zero attached hydrogens (tertiary/aromatic N) is 1. The summed E-state index contributed by atoms with van der Waals surface area (Å²) in [6, 6.07) is 0. The van der Waals surface area contributed by atoms with Gasteiger partial charge in [-0.05, 0) is 12.8 Å². The average Bonchev–Trinajstić information content (AvgIpc) is 2.42. The number of unbranched alkanes of at least 4 members (excludes halogenated alkanes) is 5. The van der Waals surface area contributed by atoms with Crippen molar-refractivity contribution in [3.8, 4) is 0 Å². The van der Waals surface area contributed by atoms with E-state index in [2.05, 4.69) is 6.92 Å². The first-order chi connectivity index (χ1) is 9.65. The van der Waals surface area contributed by atoms with Crippen molar-refractivity contribution in [3.05, 3.63) is 0 Å². The van der Waals surface area contributed by atoms with Gasteiger partial charge in [0.15, 0.2) is 0 Å². The molecular formula is C16H33NO3. The average molecular weight is 287 g/mol. The summed E-state index contributed by atoms with van der Waals surface area (Å²) >= 11 is 0. The molecule has 0 rings (SSSR count). The van der Waals surface area contributed by atoms with Gasteiger partial charge >= 0.3 is 0 Å². The molecule has 0 spiro atoms. The zero-order valence-corrected chi connectivity index (χ0v) is 13.3. The Hall–Kier alpha value is -0.610. The molecule has 1 amide bonds. The fraction of sp³-hybridized carbons (Fsp3) is 0.938. The Kier molecular flexibility index (Phi) is 13.0. The van der Waals surface area contributed by atoms with Crippen molar-refractivity contribution in [3.63, 3.8) is 0 Å². The van der Waals surface area contributed by atoms with Gasteiger partial charge in [-0.1, -0.05) is 52.4 Å². The molecule has 0 aromatic carbocycles. The Labute approximate surface area is 124 Å². The van der Waals surface area contributed by atoms with Gasteiger partial charge in [0.2, 0.25) is 5.91 Å². The number of hydrogen-bond acceptors (Lipinski definition) is 3. The Balaban J connectivity index is 3.83. The molecule has 20 heavy (non-hydrogen) atoms. The van der Waals surface area contributed by atoms with Gasteiger partial charge < -0.3 is 15.1 Å². The first-order valence-electron chi connectivity index (χ1n) is 8.22. The SMILES string of the molecule is CCCCCCCCC(O)CN(CCO)C(=O)CCC. The minimum Gasteiger partial charge on any atom is -0.395 e. The summed E-state index contributed by atoms with van der Waals surface area (Å²) in [5.74, 6) is 0.0311. The van der Waals surface area contributed by atoms with Crippen molar-refractivity contribution in [1.29, 1.82) is 0 Å². The second kappa shape index (κ2) is 13.4. The fourth-order valence-corrected chi connectivity index (χ4v) is 2.32. The maximum Gasteiger partial charge on any atom is 0.222 e. The summed E-state index contributed by atoms with van der Waals surface area (Å²) in [5.41, 5.74) is 0. The molecule has 0 fully saturated rings. The van der Waals surface area contributed by atoms with E-state index in [1.165, 1.54) is 25.7 Å². The third kappa shape index (κ3) is 10.2. The van der Waals surface area contributed by atoms with Crippen LogP contribution in [-0.4, -0.2) is 46.8 Å². The lowest BCUT2D eigenvalue weighted by atomic mass is 10.1. The minimum atomic E-state index is -0.464. The largest absolute Gasteiger partial charge is 0.395 e. The standard InChI is InChI=1S/C16H33NO3/c1-3-5-6-7-8-9-11-15(19)14-17(12-13-18)16(20)10-4-2/h15,18-19H,3-14H2,1-2H3. The van der Waals surface area contributed by atoms with Crippen molar-refractivity contribution in [2.45, 2.75) is 77.7 Å². The predicted octanol–water partition coefficient (Wildman–Crippen LogP) is 2.72. The van der Waals surface area contributed by atoms with E-state index < -0.39 is 6.10 Å². The highest BCUT2D eigenvalue weighted by Gasteiger charge is 2.16. The van der Waals surface area contributed by atoms with Gasteiger partial charge in [-0.25, -0.2) is 0 Å². The van der Waals surface area contributed by atoms with E-state index in [0.717, 1.165) is 25.7 Å².